The van der Waals surface area contributed by atoms with Crippen LogP contribution in [-0.2, 0) is 11.2 Å². The van der Waals surface area contributed by atoms with Crippen LogP contribution in [0.5, 0.6) is 11.5 Å². The van der Waals surface area contributed by atoms with Crippen LogP contribution in [0.25, 0.3) is 0 Å². The molecule has 0 bridgehead atoms. The second kappa shape index (κ2) is 4.58. The van der Waals surface area contributed by atoms with Gasteiger partial charge in [-0.25, -0.2) is 0 Å². The van der Waals surface area contributed by atoms with Crippen molar-refractivity contribution in [1.29, 1.82) is 0 Å². The molecule has 1 heterocycles. The molecule has 2 atom stereocenters. The summed E-state index contributed by atoms with van der Waals surface area (Å²) in [4.78, 5) is 12.7. The Morgan fingerprint density at radius 2 is 1.86 bits per heavy atom. The molecule has 22 heavy (non-hydrogen) atoms. The fourth-order valence-electron chi connectivity index (χ4n) is 3.32. The smallest absolute Gasteiger partial charge is 0.198 e. The predicted molar refractivity (Wildman–Crippen MR) is 80.6 cm³/mol. The third-order valence-electron chi connectivity index (χ3n) is 4.50. The Morgan fingerprint density at radius 1 is 1.09 bits per heavy atom. The third-order valence-corrected chi connectivity index (χ3v) is 4.50. The molecule has 1 fully saturated rings. The van der Waals surface area contributed by atoms with Gasteiger partial charge in [0.2, 0.25) is 0 Å². The van der Waals surface area contributed by atoms with Gasteiger partial charge < -0.3 is 14.2 Å². The van der Waals surface area contributed by atoms with Crippen LogP contribution in [0.2, 0.25) is 0 Å². The number of carbonyl (C=O) groups excluding carboxylic acids is 1. The number of ketones is 1. The highest BCUT2D eigenvalue weighted by Crippen LogP contribution is 2.57. The van der Waals surface area contributed by atoms with E-state index in [0.29, 0.717) is 17.9 Å². The van der Waals surface area contributed by atoms with Crippen LogP contribution in [0.3, 0.4) is 0 Å². The lowest BCUT2D eigenvalue weighted by atomic mass is 9.95. The first-order chi connectivity index (χ1) is 10.7. The summed E-state index contributed by atoms with van der Waals surface area (Å²) in [6.07, 6.45) is 0.424. The molecule has 4 heteroatoms. The fraction of sp³-hybridized carbons (Fsp3) is 0.278. The molecular formula is C18H16O4. The maximum atomic E-state index is 12.7. The Kier molecular flexibility index (Phi) is 2.78. The normalized spacial score (nSPS) is 25.2. The summed E-state index contributed by atoms with van der Waals surface area (Å²) in [5.74, 6) is 1.40. The number of hydrogen-bond acceptors (Lipinski definition) is 4. The molecule has 1 aliphatic heterocycles. The van der Waals surface area contributed by atoms with Crippen LogP contribution in [0.4, 0.5) is 0 Å². The predicted octanol–water partition coefficient (Wildman–Crippen LogP) is 2.95. The molecule has 0 aromatic heterocycles. The van der Waals surface area contributed by atoms with Gasteiger partial charge in [-0.3, -0.25) is 4.79 Å². The number of methoxy groups -OCH3 is 2. The van der Waals surface area contributed by atoms with E-state index in [4.69, 9.17) is 14.2 Å². The minimum Gasteiger partial charge on any atom is -0.493 e. The highest BCUT2D eigenvalue weighted by Gasteiger charge is 2.66. The lowest BCUT2D eigenvalue weighted by molar-refractivity contribution is 0.0894. The molecule has 2 aromatic carbocycles. The second-order valence-electron chi connectivity index (χ2n) is 5.66. The largest absolute Gasteiger partial charge is 0.493 e. The quantitative estimate of drug-likeness (QED) is 0.817. The summed E-state index contributed by atoms with van der Waals surface area (Å²) in [5.41, 5.74) is 2.07. The molecule has 2 aromatic rings. The van der Waals surface area contributed by atoms with Crippen LogP contribution < -0.4 is 9.47 Å². The maximum absolute atomic E-state index is 12.7. The number of epoxide rings is 1. The van der Waals surface area contributed by atoms with E-state index in [1.807, 2.05) is 42.5 Å². The number of fused-ring (bicyclic) bond motifs is 1. The first-order valence-electron chi connectivity index (χ1n) is 7.22. The lowest BCUT2D eigenvalue weighted by Crippen LogP contribution is -2.20. The van der Waals surface area contributed by atoms with E-state index in [-0.39, 0.29) is 11.9 Å². The van der Waals surface area contributed by atoms with Crippen molar-refractivity contribution < 1.29 is 19.0 Å². The molecule has 0 unspecified atom stereocenters. The van der Waals surface area contributed by atoms with E-state index < -0.39 is 5.60 Å². The minimum absolute atomic E-state index is 0.0860. The molecule has 0 amide bonds. The third kappa shape index (κ3) is 1.70. The highest BCUT2D eigenvalue weighted by molar-refractivity contribution is 6.09. The van der Waals surface area contributed by atoms with Gasteiger partial charge in [-0.15, -0.1) is 0 Å². The van der Waals surface area contributed by atoms with Crippen LogP contribution in [-0.4, -0.2) is 25.6 Å². The van der Waals surface area contributed by atoms with Crippen LogP contribution >= 0.6 is 0 Å². The van der Waals surface area contributed by atoms with E-state index in [1.54, 1.807) is 14.2 Å². The van der Waals surface area contributed by atoms with Gasteiger partial charge in [0.05, 0.1) is 14.2 Å². The number of carbonyl (C=O) groups is 1. The number of rotatable bonds is 3. The molecule has 2 aliphatic rings. The molecule has 0 N–H and O–H groups in total. The van der Waals surface area contributed by atoms with Crippen LogP contribution in [0.15, 0.2) is 42.5 Å². The molecule has 1 saturated heterocycles. The maximum Gasteiger partial charge on any atom is 0.198 e. The summed E-state index contributed by atoms with van der Waals surface area (Å²) in [6, 6.07) is 13.4. The molecule has 0 radical (unpaired) electrons. The standard InChI is InChI=1S/C18H16O4/c1-20-14-8-7-11(9-15(14)21-2)17-18(22-17)10-12-5-3-4-6-13(12)16(18)19/h3-9,17H,10H2,1-2H3/t17-,18-/m0/s1. The highest BCUT2D eigenvalue weighted by atomic mass is 16.6. The van der Waals surface area contributed by atoms with Crippen molar-refractivity contribution in [3.05, 3.63) is 59.2 Å². The number of ether oxygens (including phenoxy) is 3. The molecule has 4 nitrogen and oxygen atoms in total. The Hall–Kier alpha value is -2.33. The van der Waals surface area contributed by atoms with Crippen molar-refractivity contribution in [3.8, 4) is 11.5 Å². The number of hydrogen-bond donors (Lipinski definition) is 0. The molecule has 4 rings (SSSR count). The number of Topliss-reactive ketones (excluding diaryl/α,β-unsaturated/α-hetero) is 1. The zero-order valence-corrected chi connectivity index (χ0v) is 12.5. The van der Waals surface area contributed by atoms with Crippen molar-refractivity contribution >= 4 is 5.78 Å². The van der Waals surface area contributed by atoms with Gasteiger partial charge in [0.25, 0.3) is 0 Å². The Balaban J connectivity index is 1.67. The van der Waals surface area contributed by atoms with E-state index in [1.165, 1.54) is 0 Å². The molecule has 0 saturated carbocycles. The van der Waals surface area contributed by atoms with Crippen molar-refractivity contribution in [3.63, 3.8) is 0 Å². The summed E-state index contributed by atoms with van der Waals surface area (Å²) < 4.78 is 16.4. The SMILES string of the molecule is COc1ccc([C@@H]2O[C@]23Cc2ccccc2C3=O)cc1OC. The van der Waals surface area contributed by atoms with E-state index in [0.717, 1.165) is 16.7 Å². The zero-order valence-electron chi connectivity index (χ0n) is 12.5. The molecule has 112 valence electrons. The second-order valence-corrected chi connectivity index (χ2v) is 5.66. The van der Waals surface area contributed by atoms with E-state index in [2.05, 4.69) is 0 Å². The Morgan fingerprint density at radius 3 is 2.59 bits per heavy atom. The van der Waals surface area contributed by atoms with Crippen LogP contribution in [0, 0.1) is 0 Å². The first kappa shape index (κ1) is 13.3. The first-order valence-corrected chi connectivity index (χ1v) is 7.22. The van der Waals surface area contributed by atoms with E-state index >= 15 is 0 Å². The van der Waals surface area contributed by atoms with Gasteiger partial charge in [0, 0.05) is 12.0 Å². The van der Waals surface area contributed by atoms with Gasteiger partial charge in [-0.05, 0) is 23.3 Å². The van der Waals surface area contributed by atoms with Gasteiger partial charge in [-0.2, -0.15) is 0 Å². The Bertz CT molecular complexity index is 767. The molecule has 1 aliphatic carbocycles. The van der Waals surface area contributed by atoms with Gasteiger partial charge >= 0.3 is 0 Å². The van der Waals surface area contributed by atoms with E-state index in [9.17, 15) is 4.79 Å². The summed E-state index contributed by atoms with van der Waals surface area (Å²) in [5, 5.41) is 0. The number of benzene rings is 2. The average molecular weight is 296 g/mol. The molecule has 1 spiro atoms. The molecular weight excluding hydrogens is 280 g/mol. The van der Waals surface area contributed by atoms with Gasteiger partial charge in [0.1, 0.15) is 6.10 Å². The van der Waals surface area contributed by atoms with Gasteiger partial charge in [0.15, 0.2) is 22.9 Å². The summed E-state index contributed by atoms with van der Waals surface area (Å²) >= 11 is 0. The average Bonchev–Trinajstić information content (AvgIpc) is 3.21. The minimum atomic E-state index is -0.719. The van der Waals surface area contributed by atoms with Crippen molar-refractivity contribution in [2.75, 3.05) is 14.2 Å². The fourth-order valence-corrected chi connectivity index (χ4v) is 3.32. The summed E-state index contributed by atoms with van der Waals surface area (Å²) in [6.45, 7) is 0. The van der Waals surface area contributed by atoms with Crippen molar-refractivity contribution in [2.24, 2.45) is 0 Å². The monoisotopic (exact) mass is 296 g/mol. The van der Waals surface area contributed by atoms with Crippen molar-refractivity contribution in [1.82, 2.24) is 0 Å². The van der Waals surface area contributed by atoms with Crippen molar-refractivity contribution in [2.45, 2.75) is 18.1 Å². The summed E-state index contributed by atoms with van der Waals surface area (Å²) in [7, 11) is 3.20. The van der Waals surface area contributed by atoms with Crippen LogP contribution in [0.1, 0.15) is 27.6 Å². The lowest BCUT2D eigenvalue weighted by Gasteiger charge is -2.09. The zero-order chi connectivity index (χ0) is 15.3. The van der Waals surface area contributed by atoms with Gasteiger partial charge in [-0.1, -0.05) is 30.3 Å². The Labute approximate surface area is 128 Å². The topological polar surface area (TPSA) is 48.1 Å².